The summed E-state index contributed by atoms with van der Waals surface area (Å²) in [5.74, 6) is -1.11. The van der Waals surface area contributed by atoms with Crippen molar-refractivity contribution in [2.45, 2.75) is 6.92 Å². The highest BCUT2D eigenvalue weighted by Crippen LogP contribution is 2.32. The minimum atomic E-state index is -1.11. The fourth-order valence-corrected chi connectivity index (χ4v) is 1.99. The molecule has 0 spiro atoms. The Kier molecular flexibility index (Phi) is 3.50. The van der Waals surface area contributed by atoms with E-state index in [1.54, 1.807) is 18.2 Å². The molecule has 1 aromatic carbocycles. The molecule has 4 nitrogen and oxygen atoms in total. The van der Waals surface area contributed by atoms with Crippen molar-refractivity contribution in [1.29, 1.82) is 0 Å². The number of hydrogen-bond donors (Lipinski definition) is 1. The van der Waals surface area contributed by atoms with E-state index in [0.717, 1.165) is 5.56 Å². The molecule has 0 saturated heterocycles. The fraction of sp³-hybridized carbons (Fsp3) is 0.0714. The normalized spacial score (nSPS) is 9.95. The summed E-state index contributed by atoms with van der Waals surface area (Å²) in [5.41, 5.74) is 2.34. The van der Waals surface area contributed by atoms with E-state index in [4.69, 9.17) is 23.3 Å². The second-order valence-electron chi connectivity index (χ2n) is 3.94. The molecule has 1 N–H and O–H groups in total. The van der Waals surface area contributed by atoms with Gasteiger partial charge in [-0.1, -0.05) is 23.7 Å². The third-order valence-electron chi connectivity index (χ3n) is 2.72. The van der Waals surface area contributed by atoms with Gasteiger partial charge in [-0.25, -0.2) is 9.64 Å². The number of rotatable bonds is 2. The number of nitrogens with zero attached hydrogens (tertiary/aromatic N) is 2. The van der Waals surface area contributed by atoms with Crippen LogP contribution in [0.3, 0.4) is 0 Å². The van der Waals surface area contributed by atoms with Crippen LogP contribution < -0.4 is 0 Å². The number of carboxylic acids is 1. The number of hydrogen-bond acceptors (Lipinski definition) is 2. The van der Waals surface area contributed by atoms with Gasteiger partial charge in [0.2, 0.25) is 0 Å². The first-order valence-electron chi connectivity index (χ1n) is 5.41. The van der Waals surface area contributed by atoms with E-state index in [-0.39, 0.29) is 10.6 Å². The number of carbonyl (C=O) groups is 1. The largest absolute Gasteiger partial charge is 0.478 e. The van der Waals surface area contributed by atoms with Crippen molar-refractivity contribution in [3.63, 3.8) is 0 Å². The molecule has 0 radical (unpaired) electrons. The van der Waals surface area contributed by atoms with Crippen LogP contribution in [0.25, 0.3) is 16.1 Å². The number of carboxylic acid groups (broad SMARTS) is 1. The topological polar surface area (TPSA) is 54.5 Å². The lowest BCUT2D eigenvalue weighted by Crippen LogP contribution is -1.99. The highest BCUT2D eigenvalue weighted by Gasteiger charge is 2.15. The van der Waals surface area contributed by atoms with Crippen molar-refractivity contribution in [3.05, 3.63) is 58.0 Å². The van der Waals surface area contributed by atoms with Crippen LogP contribution in [0, 0.1) is 13.5 Å². The second kappa shape index (κ2) is 5.09. The van der Waals surface area contributed by atoms with Crippen molar-refractivity contribution in [1.82, 2.24) is 4.98 Å². The number of halogens is 1. The average molecular weight is 273 g/mol. The molecule has 0 aliphatic heterocycles. The predicted octanol–water partition coefficient (Wildman–Crippen LogP) is 3.96. The van der Waals surface area contributed by atoms with Crippen LogP contribution in [0.1, 0.15) is 15.9 Å². The Morgan fingerprint density at radius 3 is 2.79 bits per heavy atom. The first kappa shape index (κ1) is 13.1. The van der Waals surface area contributed by atoms with E-state index in [2.05, 4.69) is 9.83 Å². The summed E-state index contributed by atoms with van der Waals surface area (Å²) in [6.07, 6.45) is 1.39. The van der Waals surface area contributed by atoms with Gasteiger partial charge in [0.05, 0.1) is 22.9 Å². The van der Waals surface area contributed by atoms with Crippen LogP contribution in [0.15, 0.2) is 30.5 Å². The molecule has 1 aromatic heterocycles. The van der Waals surface area contributed by atoms with E-state index >= 15 is 0 Å². The summed E-state index contributed by atoms with van der Waals surface area (Å²) >= 11 is 6.05. The van der Waals surface area contributed by atoms with Gasteiger partial charge in [0.15, 0.2) is 5.69 Å². The first-order valence-corrected chi connectivity index (χ1v) is 5.78. The molecule has 0 saturated carbocycles. The molecule has 19 heavy (non-hydrogen) atoms. The number of aromatic nitrogens is 1. The van der Waals surface area contributed by atoms with E-state index in [9.17, 15) is 4.79 Å². The molecule has 2 rings (SSSR count). The lowest BCUT2D eigenvalue weighted by molar-refractivity contribution is 0.0697. The minimum absolute atomic E-state index is 0.00314. The summed E-state index contributed by atoms with van der Waals surface area (Å²) in [6.45, 7) is 8.92. The van der Waals surface area contributed by atoms with E-state index in [1.807, 2.05) is 6.92 Å². The number of aromatic carboxylic acids is 1. The van der Waals surface area contributed by atoms with Gasteiger partial charge in [-0.3, -0.25) is 4.98 Å². The second-order valence-corrected chi connectivity index (χ2v) is 4.32. The molecule has 0 aliphatic rings. The summed E-state index contributed by atoms with van der Waals surface area (Å²) in [7, 11) is 0. The molecule has 2 aromatic rings. The Morgan fingerprint density at radius 1 is 1.42 bits per heavy atom. The molecule has 0 bridgehead atoms. The van der Waals surface area contributed by atoms with Gasteiger partial charge in [-0.05, 0) is 30.2 Å². The Hall–Kier alpha value is -2.38. The molecule has 94 valence electrons. The fourth-order valence-electron chi connectivity index (χ4n) is 1.69. The molecular weight excluding hydrogens is 264 g/mol. The quantitative estimate of drug-likeness (QED) is 0.842. The smallest absolute Gasteiger partial charge is 0.337 e. The molecule has 0 aliphatic carbocycles. The van der Waals surface area contributed by atoms with E-state index in [0.29, 0.717) is 16.9 Å². The number of aryl methyl sites for hydroxylation is 1. The van der Waals surface area contributed by atoms with Gasteiger partial charge in [0, 0.05) is 6.20 Å². The van der Waals surface area contributed by atoms with Crippen LogP contribution in [-0.2, 0) is 0 Å². The predicted molar refractivity (Wildman–Crippen MR) is 72.6 cm³/mol. The monoisotopic (exact) mass is 272 g/mol. The average Bonchev–Trinajstić information content (AvgIpc) is 2.39. The SMILES string of the molecule is [C-]#[N+]c1cc(-c2nccc(C(=O)O)c2Cl)ccc1C. The highest BCUT2D eigenvalue weighted by molar-refractivity contribution is 6.35. The molecule has 0 atom stereocenters. The summed E-state index contributed by atoms with van der Waals surface area (Å²) in [5, 5.41) is 9.10. The zero-order valence-corrected chi connectivity index (χ0v) is 10.8. The lowest BCUT2D eigenvalue weighted by atomic mass is 10.1. The van der Waals surface area contributed by atoms with Gasteiger partial charge in [-0.2, -0.15) is 0 Å². The summed E-state index contributed by atoms with van der Waals surface area (Å²) in [4.78, 5) is 18.5. The van der Waals surface area contributed by atoms with Crippen LogP contribution in [-0.4, -0.2) is 16.1 Å². The molecular formula is C14H9ClN2O2. The minimum Gasteiger partial charge on any atom is -0.478 e. The van der Waals surface area contributed by atoms with Gasteiger partial charge >= 0.3 is 5.97 Å². The Labute approximate surface area is 115 Å². The Balaban J connectivity index is 2.63. The van der Waals surface area contributed by atoms with Crippen molar-refractivity contribution >= 4 is 23.3 Å². The summed E-state index contributed by atoms with van der Waals surface area (Å²) in [6, 6.07) is 6.55. The molecule has 0 amide bonds. The molecule has 0 unspecified atom stereocenters. The first-order chi connectivity index (χ1) is 9.04. The number of benzene rings is 1. The maximum atomic E-state index is 11.0. The van der Waals surface area contributed by atoms with E-state index < -0.39 is 5.97 Å². The molecule has 1 heterocycles. The lowest BCUT2D eigenvalue weighted by Gasteiger charge is -2.07. The maximum absolute atomic E-state index is 11.0. The Bertz CT molecular complexity index is 705. The van der Waals surface area contributed by atoms with Crippen molar-refractivity contribution in [2.24, 2.45) is 0 Å². The standard InChI is InChI=1S/C14H9ClN2O2/c1-8-3-4-9(7-11(8)16-2)13-12(15)10(14(18)19)5-6-17-13/h3-7H,1H3,(H,18,19). The van der Waals surface area contributed by atoms with Crippen LogP contribution in [0.4, 0.5) is 5.69 Å². The van der Waals surface area contributed by atoms with Gasteiger partial charge in [0.1, 0.15) is 0 Å². The van der Waals surface area contributed by atoms with Gasteiger partial charge in [0.25, 0.3) is 0 Å². The van der Waals surface area contributed by atoms with Crippen LogP contribution in [0.2, 0.25) is 5.02 Å². The van der Waals surface area contributed by atoms with E-state index in [1.165, 1.54) is 12.3 Å². The number of pyridine rings is 1. The van der Waals surface area contributed by atoms with Crippen LogP contribution >= 0.6 is 11.6 Å². The molecule has 5 heteroatoms. The molecule has 0 fully saturated rings. The highest BCUT2D eigenvalue weighted by atomic mass is 35.5. The Morgan fingerprint density at radius 2 is 2.16 bits per heavy atom. The van der Waals surface area contributed by atoms with Gasteiger partial charge in [-0.15, -0.1) is 0 Å². The third-order valence-corrected chi connectivity index (χ3v) is 3.11. The van der Waals surface area contributed by atoms with Gasteiger partial charge < -0.3 is 5.11 Å². The zero-order chi connectivity index (χ0) is 14.0. The third kappa shape index (κ3) is 2.42. The summed E-state index contributed by atoms with van der Waals surface area (Å²) < 4.78 is 0. The van der Waals surface area contributed by atoms with Crippen molar-refractivity contribution in [2.75, 3.05) is 0 Å². The van der Waals surface area contributed by atoms with Crippen molar-refractivity contribution in [3.8, 4) is 11.3 Å². The zero-order valence-electron chi connectivity index (χ0n) is 10.0. The maximum Gasteiger partial charge on any atom is 0.337 e. The van der Waals surface area contributed by atoms with Crippen molar-refractivity contribution < 1.29 is 9.90 Å². The van der Waals surface area contributed by atoms with Crippen LogP contribution in [0.5, 0.6) is 0 Å².